The summed E-state index contributed by atoms with van der Waals surface area (Å²) in [7, 11) is 0. The van der Waals surface area contributed by atoms with Crippen molar-refractivity contribution in [2.75, 3.05) is 6.54 Å². The first-order chi connectivity index (χ1) is 11.7. The Hall–Kier alpha value is -2.14. The maximum atomic E-state index is 12.8. The third kappa shape index (κ3) is 4.23. The van der Waals surface area contributed by atoms with Crippen molar-refractivity contribution >= 4 is 5.91 Å². The quantitative estimate of drug-likeness (QED) is 0.916. The van der Waals surface area contributed by atoms with Gasteiger partial charge in [-0.05, 0) is 42.7 Å². The number of aromatic nitrogens is 1. The summed E-state index contributed by atoms with van der Waals surface area (Å²) in [5, 5.41) is 10.4. The number of aliphatic hydroxyl groups excluding tert-OH is 1. The Balaban J connectivity index is 1.68. The van der Waals surface area contributed by atoms with Gasteiger partial charge in [0.05, 0.1) is 12.7 Å². The molecule has 0 spiro atoms. The predicted octanol–water partition coefficient (Wildman–Crippen LogP) is 3.11. The number of hydrogen-bond donors (Lipinski definition) is 1. The van der Waals surface area contributed by atoms with E-state index in [9.17, 15) is 9.90 Å². The van der Waals surface area contributed by atoms with Crippen LogP contribution in [0, 0.1) is 0 Å². The molecule has 1 saturated heterocycles. The second kappa shape index (κ2) is 8.11. The molecule has 1 aliphatic heterocycles. The molecule has 3 heterocycles. The zero-order valence-corrected chi connectivity index (χ0v) is 13.8. The summed E-state index contributed by atoms with van der Waals surface area (Å²) in [5.74, 6) is 0.695. The number of rotatable bonds is 5. The number of amides is 1. The Morgan fingerprint density at radius 2 is 2.12 bits per heavy atom. The molecule has 0 unspecified atom stereocenters. The van der Waals surface area contributed by atoms with Crippen molar-refractivity contribution < 1.29 is 14.3 Å². The van der Waals surface area contributed by atoms with Crippen LogP contribution in [0.5, 0.6) is 0 Å². The monoisotopic (exact) mass is 328 g/mol. The Morgan fingerprint density at radius 1 is 1.29 bits per heavy atom. The van der Waals surface area contributed by atoms with Crippen LogP contribution in [0.25, 0.3) is 0 Å². The lowest BCUT2D eigenvalue weighted by atomic mass is 10.0. The van der Waals surface area contributed by atoms with E-state index in [1.165, 1.54) is 0 Å². The molecule has 0 aromatic carbocycles. The van der Waals surface area contributed by atoms with Crippen LogP contribution in [-0.4, -0.2) is 33.5 Å². The van der Waals surface area contributed by atoms with E-state index in [0.717, 1.165) is 37.8 Å². The molecule has 24 heavy (non-hydrogen) atoms. The topological polar surface area (TPSA) is 66.6 Å². The van der Waals surface area contributed by atoms with Crippen LogP contribution in [0.2, 0.25) is 0 Å². The maximum absolute atomic E-state index is 12.8. The fraction of sp³-hybridized carbons (Fsp3) is 0.474. The summed E-state index contributed by atoms with van der Waals surface area (Å²) < 4.78 is 5.30. The number of carbonyl (C=O) groups is 1. The van der Waals surface area contributed by atoms with E-state index in [0.29, 0.717) is 18.6 Å². The number of furan rings is 1. The molecule has 0 bridgehead atoms. The minimum Gasteiger partial charge on any atom is -0.467 e. The summed E-state index contributed by atoms with van der Waals surface area (Å²) in [4.78, 5) is 18.8. The Bertz CT molecular complexity index is 627. The maximum Gasteiger partial charge on any atom is 0.227 e. The summed E-state index contributed by atoms with van der Waals surface area (Å²) >= 11 is 0. The number of hydrogen-bond acceptors (Lipinski definition) is 4. The van der Waals surface area contributed by atoms with Gasteiger partial charge < -0.3 is 14.4 Å². The van der Waals surface area contributed by atoms with Crippen LogP contribution in [0.1, 0.15) is 49.5 Å². The number of likely N-dealkylation sites (tertiary alicyclic amines) is 1. The zero-order valence-electron chi connectivity index (χ0n) is 13.8. The van der Waals surface area contributed by atoms with Gasteiger partial charge in [0, 0.05) is 31.4 Å². The zero-order chi connectivity index (χ0) is 16.8. The van der Waals surface area contributed by atoms with Crippen molar-refractivity contribution in [3.8, 4) is 0 Å². The molecule has 0 saturated carbocycles. The van der Waals surface area contributed by atoms with Crippen LogP contribution < -0.4 is 0 Å². The molecular formula is C19H24N2O3. The fourth-order valence-corrected chi connectivity index (χ4v) is 3.38. The van der Waals surface area contributed by atoms with Crippen molar-refractivity contribution in [3.63, 3.8) is 0 Å². The highest BCUT2D eigenvalue weighted by Crippen LogP contribution is 2.27. The van der Waals surface area contributed by atoms with Gasteiger partial charge in [-0.3, -0.25) is 9.78 Å². The van der Waals surface area contributed by atoms with Crippen molar-refractivity contribution in [3.05, 3.63) is 54.2 Å². The van der Waals surface area contributed by atoms with Crippen LogP contribution >= 0.6 is 0 Å². The summed E-state index contributed by atoms with van der Waals surface area (Å²) in [6.07, 6.45) is 9.41. The summed E-state index contributed by atoms with van der Waals surface area (Å²) in [5.41, 5.74) is 0.976. The molecule has 3 rings (SSSR count). The lowest BCUT2D eigenvalue weighted by Gasteiger charge is -2.31. The Morgan fingerprint density at radius 3 is 2.88 bits per heavy atom. The molecule has 1 N–H and O–H groups in total. The van der Waals surface area contributed by atoms with Gasteiger partial charge in [0.1, 0.15) is 11.9 Å². The Labute approximate surface area is 142 Å². The van der Waals surface area contributed by atoms with E-state index < -0.39 is 6.10 Å². The number of aliphatic hydroxyl groups is 1. The van der Waals surface area contributed by atoms with Gasteiger partial charge in [0.25, 0.3) is 0 Å². The minimum atomic E-state index is -0.667. The van der Waals surface area contributed by atoms with Crippen molar-refractivity contribution in [2.24, 2.45) is 0 Å². The third-order valence-electron chi connectivity index (χ3n) is 4.67. The van der Waals surface area contributed by atoms with Gasteiger partial charge in [-0.1, -0.05) is 12.8 Å². The molecule has 128 valence electrons. The molecule has 5 heteroatoms. The van der Waals surface area contributed by atoms with Gasteiger partial charge >= 0.3 is 0 Å². The standard InChI is InChI=1S/C19H24N2O3/c22-17(18-6-4-12-24-18)14-16-5-2-1-3-11-21(16)19(23)13-15-7-9-20-10-8-15/h4,6-10,12,16-17,22H,1-3,5,11,13-14H2/t16-,17+/m0/s1. The molecule has 0 aliphatic carbocycles. The fourth-order valence-electron chi connectivity index (χ4n) is 3.38. The highest BCUT2D eigenvalue weighted by atomic mass is 16.4. The van der Waals surface area contributed by atoms with Gasteiger partial charge in [-0.2, -0.15) is 0 Å². The molecule has 5 nitrogen and oxygen atoms in total. The van der Waals surface area contributed by atoms with Crippen LogP contribution in [-0.2, 0) is 11.2 Å². The van der Waals surface area contributed by atoms with E-state index in [2.05, 4.69) is 4.98 Å². The van der Waals surface area contributed by atoms with Crippen molar-refractivity contribution in [2.45, 2.75) is 50.7 Å². The molecular weight excluding hydrogens is 304 g/mol. The van der Waals surface area contributed by atoms with E-state index in [-0.39, 0.29) is 11.9 Å². The van der Waals surface area contributed by atoms with E-state index in [1.54, 1.807) is 30.8 Å². The van der Waals surface area contributed by atoms with E-state index >= 15 is 0 Å². The van der Waals surface area contributed by atoms with Crippen LogP contribution in [0.15, 0.2) is 47.3 Å². The predicted molar refractivity (Wildman–Crippen MR) is 90.2 cm³/mol. The highest BCUT2D eigenvalue weighted by molar-refractivity contribution is 5.79. The Kier molecular flexibility index (Phi) is 5.64. The molecule has 1 aliphatic rings. The highest BCUT2D eigenvalue weighted by Gasteiger charge is 2.28. The molecule has 2 atom stereocenters. The number of nitrogens with zero attached hydrogens (tertiary/aromatic N) is 2. The summed E-state index contributed by atoms with van der Waals surface area (Å²) in [6.45, 7) is 0.763. The lowest BCUT2D eigenvalue weighted by molar-refractivity contribution is -0.133. The molecule has 1 amide bonds. The van der Waals surface area contributed by atoms with Crippen molar-refractivity contribution in [1.82, 2.24) is 9.88 Å². The minimum absolute atomic E-state index is 0.0573. The average molecular weight is 328 g/mol. The van der Waals surface area contributed by atoms with Gasteiger partial charge in [-0.15, -0.1) is 0 Å². The van der Waals surface area contributed by atoms with Gasteiger partial charge in [0.15, 0.2) is 0 Å². The summed E-state index contributed by atoms with van der Waals surface area (Å²) in [6, 6.07) is 7.37. The first-order valence-electron chi connectivity index (χ1n) is 8.64. The van der Waals surface area contributed by atoms with Crippen LogP contribution in [0.3, 0.4) is 0 Å². The number of pyridine rings is 1. The van der Waals surface area contributed by atoms with E-state index in [4.69, 9.17) is 4.42 Å². The van der Waals surface area contributed by atoms with Gasteiger partial charge in [-0.25, -0.2) is 0 Å². The molecule has 2 aromatic rings. The normalized spacial score (nSPS) is 19.7. The second-order valence-corrected chi connectivity index (χ2v) is 6.39. The van der Waals surface area contributed by atoms with Crippen molar-refractivity contribution in [1.29, 1.82) is 0 Å². The third-order valence-corrected chi connectivity index (χ3v) is 4.67. The first-order valence-corrected chi connectivity index (χ1v) is 8.64. The lowest BCUT2D eigenvalue weighted by Crippen LogP contribution is -2.41. The molecule has 1 fully saturated rings. The second-order valence-electron chi connectivity index (χ2n) is 6.39. The molecule has 0 radical (unpaired) electrons. The SMILES string of the molecule is O=C(Cc1ccncc1)N1CCCCC[C@H]1C[C@@H](O)c1ccco1. The number of carbonyl (C=O) groups excluding carboxylic acids is 1. The smallest absolute Gasteiger partial charge is 0.227 e. The van der Waals surface area contributed by atoms with Gasteiger partial charge in [0.2, 0.25) is 5.91 Å². The van der Waals surface area contributed by atoms with E-state index in [1.807, 2.05) is 17.0 Å². The van der Waals surface area contributed by atoms with Crippen LogP contribution in [0.4, 0.5) is 0 Å². The largest absolute Gasteiger partial charge is 0.467 e. The average Bonchev–Trinajstić information content (AvgIpc) is 3.03. The first kappa shape index (κ1) is 16.7. The molecule has 2 aromatic heterocycles.